The van der Waals surface area contributed by atoms with E-state index in [1.54, 1.807) is 6.07 Å². The Kier molecular flexibility index (Phi) is 5.06. The molecule has 1 aromatic rings. The fourth-order valence-electron chi connectivity index (χ4n) is 4.67. The lowest BCUT2D eigenvalue weighted by Gasteiger charge is -2.25. The zero-order chi connectivity index (χ0) is 18.1. The Morgan fingerprint density at radius 3 is 2.73 bits per heavy atom. The van der Waals surface area contributed by atoms with Gasteiger partial charge in [0, 0.05) is 32.1 Å². The SMILES string of the molecule is O=C(CCS(=O)(=O)c1ccc2c(c1)CCC2)N1CCCN2CCC[C@H]2C1. The molecule has 6 heteroatoms. The summed E-state index contributed by atoms with van der Waals surface area (Å²) in [4.78, 5) is 17.4. The van der Waals surface area contributed by atoms with E-state index >= 15 is 0 Å². The summed E-state index contributed by atoms with van der Waals surface area (Å²) in [5, 5.41) is 0. The van der Waals surface area contributed by atoms with Gasteiger partial charge in [-0.1, -0.05) is 6.07 Å². The van der Waals surface area contributed by atoms with Crippen molar-refractivity contribution in [2.45, 2.75) is 55.9 Å². The third-order valence-corrected chi connectivity index (χ3v) is 7.88. The first kappa shape index (κ1) is 18.0. The number of carbonyl (C=O) groups is 1. The van der Waals surface area contributed by atoms with Crippen molar-refractivity contribution in [3.63, 3.8) is 0 Å². The van der Waals surface area contributed by atoms with Gasteiger partial charge in [0.1, 0.15) is 0 Å². The number of rotatable bonds is 4. The van der Waals surface area contributed by atoms with Gasteiger partial charge in [-0.05, 0) is 68.3 Å². The van der Waals surface area contributed by atoms with E-state index in [0.29, 0.717) is 10.9 Å². The van der Waals surface area contributed by atoms with Gasteiger partial charge in [0.15, 0.2) is 9.84 Å². The van der Waals surface area contributed by atoms with Gasteiger partial charge in [-0.2, -0.15) is 0 Å². The Balaban J connectivity index is 1.38. The second kappa shape index (κ2) is 7.31. The molecule has 3 aliphatic rings. The average molecular weight is 377 g/mol. The summed E-state index contributed by atoms with van der Waals surface area (Å²) in [7, 11) is -3.40. The van der Waals surface area contributed by atoms with E-state index in [2.05, 4.69) is 4.90 Å². The van der Waals surface area contributed by atoms with Gasteiger partial charge < -0.3 is 4.90 Å². The van der Waals surface area contributed by atoms with Crippen molar-refractivity contribution in [3.05, 3.63) is 29.3 Å². The second-order valence-corrected chi connectivity index (χ2v) is 9.99. The second-order valence-electron chi connectivity index (χ2n) is 7.88. The highest BCUT2D eigenvalue weighted by Gasteiger charge is 2.31. The molecular formula is C20H28N2O3S. The zero-order valence-electron chi connectivity index (χ0n) is 15.3. The molecule has 1 amide bonds. The van der Waals surface area contributed by atoms with E-state index in [1.165, 1.54) is 12.0 Å². The van der Waals surface area contributed by atoms with Gasteiger partial charge in [-0.3, -0.25) is 9.69 Å². The molecular weight excluding hydrogens is 348 g/mol. The van der Waals surface area contributed by atoms with Gasteiger partial charge in [0.2, 0.25) is 5.91 Å². The summed E-state index contributed by atoms with van der Waals surface area (Å²) in [6.07, 6.45) is 6.54. The lowest BCUT2D eigenvalue weighted by atomic mass is 10.1. The van der Waals surface area contributed by atoms with Crippen LogP contribution in [0.2, 0.25) is 0 Å². The predicted molar refractivity (Wildman–Crippen MR) is 101 cm³/mol. The maximum Gasteiger partial charge on any atom is 0.223 e. The molecule has 142 valence electrons. The first-order valence-electron chi connectivity index (χ1n) is 9.89. The summed E-state index contributed by atoms with van der Waals surface area (Å²) >= 11 is 0. The molecule has 1 atom stereocenters. The maximum absolute atomic E-state index is 12.7. The molecule has 1 aliphatic carbocycles. The fourth-order valence-corrected chi connectivity index (χ4v) is 5.95. The molecule has 5 nitrogen and oxygen atoms in total. The monoisotopic (exact) mass is 376 g/mol. The standard InChI is InChI=1S/C20H28N2O3S/c23-20(22-12-3-11-21-10-2-6-18(21)15-22)9-13-26(24,25)19-8-7-16-4-1-5-17(16)14-19/h7-8,14,18H,1-6,9-13,15H2/t18-/m0/s1. The first-order valence-corrected chi connectivity index (χ1v) is 11.5. The van der Waals surface area contributed by atoms with Crippen LogP contribution in [0.5, 0.6) is 0 Å². The van der Waals surface area contributed by atoms with Crippen LogP contribution in [0.15, 0.2) is 23.1 Å². The van der Waals surface area contributed by atoms with Crippen molar-refractivity contribution in [1.82, 2.24) is 9.80 Å². The number of nitrogens with zero attached hydrogens (tertiary/aromatic N) is 2. The number of sulfone groups is 1. The summed E-state index contributed by atoms with van der Waals surface area (Å²) in [5.74, 6) is -0.0985. The number of amides is 1. The molecule has 0 radical (unpaired) electrons. The van der Waals surface area contributed by atoms with E-state index < -0.39 is 9.84 Å². The van der Waals surface area contributed by atoms with Gasteiger partial charge in [0.25, 0.3) is 0 Å². The molecule has 2 aliphatic heterocycles. The minimum atomic E-state index is -3.40. The van der Waals surface area contributed by atoms with Crippen molar-refractivity contribution in [3.8, 4) is 0 Å². The number of benzene rings is 1. The van der Waals surface area contributed by atoms with Crippen LogP contribution in [0.25, 0.3) is 0 Å². The molecule has 2 fully saturated rings. The number of hydrogen-bond donors (Lipinski definition) is 0. The number of fused-ring (bicyclic) bond motifs is 2. The van der Waals surface area contributed by atoms with Crippen molar-refractivity contribution in [2.75, 3.05) is 31.9 Å². The Labute approximate surface area is 156 Å². The van der Waals surface area contributed by atoms with E-state index in [1.807, 2.05) is 17.0 Å². The van der Waals surface area contributed by atoms with Crippen LogP contribution < -0.4 is 0 Å². The van der Waals surface area contributed by atoms with Crippen molar-refractivity contribution < 1.29 is 13.2 Å². The molecule has 2 heterocycles. The van der Waals surface area contributed by atoms with Crippen molar-refractivity contribution in [2.24, 2.45) is 0 Å². The third-order valence-electron chi connectivity index (χ3n) is 6.17. The van der Waals surface area contributed by atoms with Crippen LogP contribution in [0.4, 0.5) is 0 Å². The molecule has 0 spiro atoms. The normalized spacial score (nSPS) is 23.5. The maximum atomic E-state index is 12.7. The van der Waals surface area contributed by atoms with Crippen LogP contribution in [0, 0.1) is 0 Å². The minimum Gasteiger partial charge on any atom is -0.341 e. The highest BCUT2D eigenvalue weighted by atomic mass is 32.2. The predicted octanol–water partition coefficient (Wildman–Crippen LogP) is 2.04. The van der Waals surface area contributed by atoms with E-state index in [-0.39, 0.29) is 18.1 Å². The lowest BCUT2D eigenvalue weighted by Crippen LogP contribution is -2.40. The average Bonchev–Trinajstić information content (AvgIpc) is 3.23. The van der Waals surface area contributed by atoms with Crippen LogP contribution in [0.1, 0.15) is 43.2 Å². The molecule has 0 unspecified atom stereocenters. The number of carbonyl (C=O) groups excluding carboxylic acids is 1. The quantitative estimate of drug-likeness (QED) is 0.807. The fraction of sp³-hybridized carbons (Fsp3) is 0.650. The van der Waals surface area contributed by atoms with Gasteiger partial charge in [-0.15, -0.1) is 0 Å². The van der Waals surface area contributed by atoms with Gasteiger partial charge >= 0.3 is 0 Å². The third kappa shape index (κ3) is 3.67. The molecule has 2 saturated heterocycles. The van der Waals surface area contributed by atoms with Crippen LogP contribution in [-0.4, -0.2) is 62.1 Å². The minimum absolute atomic E-state index is 0.0107. The molecule has 1 aromatic carbocycles. The first-order chi connectivity index (χ1) is 12.5. The zero-order valence-corrected chi connectivity index (χ0v) is 16.1. The lowest BCUT2D eigenvalue weighted by molar-refractivity contribution is -0.131. The Morgan fingerprint density at radius 1 is 1.04 bits per heavy atom. The molecule has 0 aromatic heterocycles. The molecule has 4 rings (SSSR count). The highest BCUT2D eigenvalue weighted by Crippen LogP contribution is 2.26. The van der Waals surface area contributed by atoms with Gasteiger partial charge in [0.05, 0.1) is 10.6 Å². The van der Waals surface area contributed by atoms with E-state index in [9.17, 15) is 13.2 Å². The summed E-state index contributed by atoms with van der Waals surface area (Å²) in [5.41, 5.74) is 2.43. The Hall–Kier alpha value is -1.40. The van der Waals surface area contributed by atoms with Crippen LogP contribution >= 0.6 is 0 Å². The molecule has 0 saturated carbocycles. The van der Waals surface area contributed by atoms with Crippen molar-refractivity contribution >= 4 is 15.7 Å². The van der Waals surface area contributed by atoms with Gasteiger partial charge in [-0.25, -0.2) is 8.42 Å². The molecule has 0 N–H and O–H groups in total. The largest absolute Gasteiger partial charge is 0.341 e. The van der Waals surface area contributed by atoms with Crippen LogP contribution in [0.3, 0.4) is 0 Å². The topological polar surface area (TPSA) is 57.7 Å². The van der Waals surface area contributed by atoms with E-state index in [0.717, 1.165) is 63.8 Å². The van der Waals surface area contributed by atoms with Crippen molar-refractivity contribution in [1.29, 1.82) is 0 Å². The molecule has 26 heavy (non-hydrogen) atoms. The summed E-state index contributed by atoms with van der Waals surface area (Å²) in [6.45, 7) is 3.71. The highest BCUT2D eigenvalue weighted by molar-refractivity contribution is 7.91. The smallest absolute Gasteiger partial charge is 0.223 e. The summed E-state index contributed by atoms with van der Waals surface area (Å²) < 4.78 is 25.4. The number of aryl methyl sites for hydroxylation is 2. The van der Waals surface area contributed by atoms with E-state index in [4.69, 9.17) is 0 Å². The Morgan fingerprint density at radius 2 is 1.85 bits per heavy atom. The molecule has 0 bridgehead atoms. The van der Waals surface area contributed by atoms with Crippen LogP contribution in [-0.2, 0) is 27.5 Å². The summed E-state index contributed by atoms with van der Waals surface area (Å²) in [6, 6.07) is 5.95. The Bertz CT molecular complexity index is 790. The number of hydrogen-bond acceptors (Lipinski definition) is 4.